The van der Waals surface area contributed by atoms with Crippen LogP contribution in [-0.4, -0.2) is 9.97 Å². The topological polar surface area (TPSA) is 63.8 Å². The van der Waals surface area contributed by atoms with Gasteiger partial charge in [-0.15, -0.1) is 0 Å². The van der Waals surface area contributed by atoms with Crippen LogP contribution in [0.3, 0.4) is 0 Å². The first kappa shape index (κ1) is 9.45. The molecule has 3 N–H and O–H groups in total. The number of hydrogen-bond acceptors (Lipinski definition) is 4. The number of aryl methyl sites for hydroxylation is 1. The lowest BCUT2D eigenvalue weighted by molar-refractivity contribution is 1.20. The summed E-state index contributed by atoms with van der Waals surface area (Å²) in [6.45, 7) is 2.02. The molecule has 0 amide bonds. The summed E-state index contributed by atoms with van der Waals surface area (Å²) >= 11 is 0. The molecule has 15 heavy (non-hydrogen) atoms. The monoisotopic (exact) mass is 200 g/mol. The van der Waals surface area contributed by atoms with Gasteiger partial charge in [-0.05, 0) is 18.6 Å². The second-order valence-corrected chi connectivity index (χ2v) is 3.23. The van der Waals surface area contributed by atoms with Crippen LogP contribution in [0.15, 0.2) is 36.7 Å². The first-order valence-electron chi connectivity index (χ1n) is 4.66. The molecule has 0 saturated heterocycles. The van der Waals surface area contributed by atoms with Gasteiger partial charge >= 0.3 is 0 Å². The van der Waals surface area contributed by atoms with Gasteiger partial charge in [-0.1, -0.05) is 18.2 Å². The van der Waals surface area contributed by atoms with Gasteiger partial charge in [0.15, 0.2) is 11.6 Å². The number of nitrogens with two attached hydrogens (primary N) is 1. The van der Waals surface area contributed by atoms with Crippen molar-refractivity contribution in [3.63, 3.8) is 0 Å². The number of anilines is 3. The molecule has 0 radical (unpaired) electrons. The lowest BCUT2D eigenvalue weighted by atomic mass is 10.2. The number of aromatic nitrogens is 2. The molecule has 0 fully saturated rings. The third kappa shape index (κ3) is 2.04. The van der Waals surface area contributed by atoms with Crippen molar-refractivity contribution in [2.45, 2.75) is 6.92 Å². The van der Waals surface area contributed by atoms with Crippen LogP contribution in [-0.2, 0) is 0 Å². The van der Waals surface area contributed by atoms with E-state index in [1.54, 1.807) is 12.4 Å². The van der Waals surface area contributed by atoms with E-state index in [4.69, 9.17) is 5.73 Å². The van der Waals surface area contributed by atoms with E-state index in [-0.39, 0.29) is 0 Å². The van der Waals surface area contributed by atoms with Crippen molar-refractivity contribution < 1.29 is 0 Å². The Balaban J connectivity index is 2.30. The Bertz CT molecular complexity index is 424. The number of rotatable bonds is 2. The van der Waals surface area contributed by atoms with E-state index in [0.717, 1.165) is 11.3 Å². The van der Waals surface area contributed by atoms with Crippen molar-refractivity contribution >= 4 is 17.3 Å². The summed E-state index contributed by atoms with van der Waals surface area (Å²) in [5.74, 6) is 0.993. The number of nitrogens with zero attached hydrogens (tertiary/aromatic N) is 2. The van der Waals surface area contributed by atoms with Crippen molar-refractivity contribution in [1.82, 2.24) is 9.97 Å². The lowest BCUT2D eigenvalue weighted by Crippen LogP contribution is -2.01. The van der Waals surface area contributed by atoms with Crippen LogP contribution in [0.4, 0.5) is 17.3 Å². The van der Waals surface area contributed by atoms with Crippen LogP contribution in [0.2, 0.25) is 0 Å². The number of nitrogen functional groups attached to an aromatic ring is 1. The van der Waals surface area contributed by atoms with E-state index in [2.05, 4.69) is 15.3 Å². The molecule has 0 unspecified atom stereocenters. The average molecular weight is 200 g/mol. The third-order valence-corrected chi connectivity index (χ3v) is 2.12. The van der Waals surface area contributed by atoms with Gasteiger partial charge in [0.25, 0.3) is 0 Å². The molecule has 2 rings (SSSR count). The van der Waals surface area contributed by atoms with E-state index in [1.807, 2.05) is 31.2 Å². The molecule has 0 bridgehead atoms. The van der Waals surface area contributed by atoms with Crippen LogP contribution >= 0.6 is 0 Å². The van der Waals surface area contributed by atoms with Gasteiger partial charge in [-0.25, -0.2) is 9.97 Å². The molecule has 0 saturated carbocycles. The molecule has 0 aliphatic heterocycles. The van der Waals surface area contributed by atoms with Gasteiger partial charge in [0.2, 0.25) is 0 Å². The zero-order valence-corrected chi connectivity index (χ0v) is 8.44. The standard InChI is InChI=1S/C11H12N4/c1-8-4-2-3-5-9(8)15-11-10(12)13-6-7-14-11/h2-7H,1H3,(H2,12,13)(H,14,15). The minimum atomic E-state index is 0.403. The SMILES string of the molecule is Cc1ccccc1Nc1nccnc1N. The maximum absolute atomic E-state index is 5.68. The van der Waals surface area contributed by atoms with Gasteiger partial charge < -0.3 is 11.1 Å². The van der Waals surface area contributed by atoms with Crippen LogP contribution in [0.25, 0.3) is 0 Å². The highest BCUT2D eigenvalue weighted by Gasteiger charge is 2.02. The second-order valence-electron chi connectivity index (χ2n) is 3.23. The minimum Gasteiger partial charge on any atom is -0.381 e. The van der Waals surface area contributed by atoms with E-state index < -0.39 is 0 Å². The molecule has 0 atom stereocenters. The fourth-order valence-electron chi connectivity index (χ4n) is 1.29. The summed E-state index contributed by atoms with van der Waals surface area (Å²) in [5, 5.41) is 3.14. The average Bonchev–Trinajstić information content (AvgIpc) is 2.24. The first-order chi connectivity index (χ1) is 7.27. The van der Waals surface area contributed by atoms with Crippen molar-refractivity contribution in [3.8, 4) is 0 Å². The normalized spacial score (nSPS) is 9.93. The van der Waals surface area contributed by atoms with Crippen LogP contribution in [0.5, 0.6) is 0 Å². The van der Waals surface area contributed by atoms with Gasteiger partial charge in [0, 0.05) is 18.1 Å². The quantitative estimate of drug-likeness (QED) is 0.779. The predicted molar refractivity (Wildman–Crippen MR) is 60.9 cm³/mol. The first-order valence-corrected chi connectivity index (χ1v) is 4.66. The lowest BCUT2D eigenvalue weighted by Gasteiger charge is -2.09. The summed E-state index contributed by atoms with van der Waals surface area (Å²) in [5.41, 5.74) is 7.81. The molecule has 4 nitrogen and oxygen atoms in total. The molecular formula is C11H12N4. The molecule has 0 aliphatic carbocycles. The second kappa shape index (κ2) is 3.96. The summed E-state index contributed by atoms with van der Waals surface area (Å²) in [7, 11) is 0. The highest BCUT2D eigenvalue weighted by atomic mass is 15.1. The summed E-state index contributed by atoms with van der Waals surface area (Å²) < 4.78 is 0. The van der Waals surface area contributed by atoms with Crippen LogP contribution in [0, 0.1) is 6.92 Å². The Labute approximate surface area is 88.2 Å². The maximum Gasteiger partial charge on any atom is 0.173 e. The third-order valence-electron chi connectivity index (χ3n) is 2.12. The largest absolute Gasteiger partial charge is 0.381 e. The Morgan fingerprint density at radius 3 is 2.60 bits per heavy atom. The molecule has 1 aromatic heterocycles. The fraction of sp³-hybridized carbons (Fsp3) is 0.0909. The van der Waals surface area contributed by atoms with E-state index in [0.29, 0.717) is 11.6 Å². The molecule has 2 aromatic rings. The van der Waals surface area contributed by atoms with Gasteiger partial charge in [0.05, 0.1) is 0 Å². The molecule has 1 aromatic carbocycles. The van der Waals surface area contributed by atoms with Gasteiger partial charge in [-0.2, -0.15) is 0 Å². The van der Waals surface area contributed by atoms with Crippen molar-refractivity contribution in [1.29, 1.82) is 0 Å². The zero-order valence-electron chi connectivity index (χ0n) is 8.44. The molecule has 1 heterocycles. The predicted octanol–water partition coefficient (Wildman–Crippen LogP) is 2.11. The summed E-state index contributed by atoms with van der Waals surface area (Å²) in [6.07, 6.45) is 3.18. The summed E-state index contributed by atoms with van der Waals surface area (Å²) in [4.78, 5) is 8.07. The number of benzene rings is 1. The maximum atomic E-state index is 5.68. The molecule has 0 aliphatic rings. The molecule has 0 spiro atoms. The smallest absolute Gasteiger partial charge is 0.173 e. The Hall–Kier alpha value is -2.10. The van der Waals surface area contributed by atoms with E-state index >= 15 is 0 Å². The Kier molecular flexibility index (Phi) is 2.49. The van der Waals surface area contributed by atoms with E-state index in [1.165, 1.54) is 0 Å². The van der Waals surface area contributed by atoms with Crippen molar-refractivity contribution in [2.75, 3.05) is 11.1 Å². The van der Waals surface area contributed by atoms with Gasteiger partial charge in [-0.3, -0.25) is 0 Å². The van der Waals surface area contributed by atoms with Crippen LogP contribution < -0.4 is 11.1 Å². The Morgan fingerprint density at radius 1 is 1.13 bits per heavy atom. The van der Waals surface area contributed by atoms with E-state index in [9.17, 15) is 0 Å². The summed E-state index contributed by atoms with van der Waals surface area (Å²) in [6, 6.07) is 7.95. The molecular weight excluding hydrogens is 188 g/mol. The molecule has 76 valence electrons. The number of hydrogen-bond donors (Lipinski definition) is 2. The number of nitrogens with one attached hydrogen (secondary N) is 1. The highest BCUT2D eigenvalue weighted by molar-refractivity contribution is 5.67. The van der Waals surface area contributed by atoms with Crippen molar-refractivity contribution in [2.24, 2.45) is 0 Å². The number of para-hydroxylation sites is 1. The minimum absolute atomic E-state index is 0.403. The van der Waals surface area contributed by atoms with Gasteiger partial charge in [0.1, 0.15) is 0 Å². The fourth-order valence-corrected chi connectivity index (χ4v) is 1.29. The Morgan fingerprint density at radius 2 is 1.87 bits per heavy atom. The van der Waals surface area contributed by atoms with Crippen molar-refractivity contribution in [3.05, 3.63) is 42.2 Å². The highest BCUT2D eigenvalue weighted by Crippen LogP contribution is 2.20. The van der Waals surface area contributed by atoms with Crippen LogP contribution in [0.1, 0.15) is 5.56 Å². The molecule has 4 heteroatoms. The zero-order chi connectivity index (χ0) is 10.7.